The number of hydrogen-bond acceptors (Lipinski definition) is 13. The van der Waals surface area contributed by atoms with Gasteiger partial charge < -0.3 is 10.0 Å². The summed E-state index contributed by atoms with van der Waals surface area (Å²) in [5, 5.41) is 22.3. The summed E-state index contributed by atoms with van der Waals surface area (Å²) in [5.74, 6) is -1.45. The molecule has 0 bridgehead atoms. The molecule has 0 aliphatic carbocycles. The lowest BCUT2D eigenvalue weighted by atomic mass is 10.1. The third-order valence-electron chi connectivity index (χ3n) is 6.66. The van der Waals surface area contributed by atoms with Crippen LogP contribution in [0.3, 0.4) is 0 Å². The number of aromatic nitrogens is 2. The molecule has 4 aromatic rings. The maximum absolute atomic E-state index is 12.8. The zero-order valence-electron chi connectivity index (χ0n) is 23.9. The van der Waals surface area contributed by atoms with Crippen LogP contribution in [-0.2, 0) is 40.2 Å². The minimum absolute atomic E-state index is 0.00862. The normalized spacial score (nSPS) is 13.3. The van der Waals surface area contributed by atoms with E-state index in [2.05, 4.69) is 15.3 Å². The molecule has 0 fully saturated rings. The summed E-state index contributed by atoms with van der Waals surface area (Å²) in [6, 6.07) is 10.9. The highest BCUT2D eigenvalue weighted by molar-refractivity contribution is 7.91. The van der Waals surface area contributed by atoms with Crippen molar-refractivity contribution < 1.29 is 52.4 Å². The van der Waals surface area contributed by atoms with Gasteiger partial charge in [-0.3, -0.25) is 13.7 Å². The number of aryl methyl sites for hydroxylation is 1. The summed E-state index contributed by atoms with van der Waals surface area (Å²) in [5.41, 5.74) is -0.299. The molecule has 0 amide bonds. The molecule has 46 heavy (non-hydrogen) atoms. The zero-order chi connectivity index (χ0) is 34.2. The molecule has 1 heterocycles. The molecule has 17 nitrogen and oxygen atoms in total. The molecule has 4 N–H and O–H groups in total. The molecule has 0 unspecified atom stereocenters. The smallest absolute Gasteiger partial charge is 0.297 e. The minimum Gasteiger partial charge on any atom is -0.492 e. The van der Waals surface area contributed by atoms with Crippen LogP contribution in [0.5, 0.6) is 5.88 Å². The first-order valence-electron chi connectivity index (χ1n) is 12.9. The van der Waals surface area contributed by atoms with Crippen molar-refractivity contribution in [3.63, 3.8) is 0 Å². The van der Waals surface area contributed by atoms with Crippen LogP contribution in [0.25, 0.3) is 16.5 Å². The highest BCUT2D eigenvalue weighted by Crippen LogP contribution is 2.38. The summed E-state index contributed by atoms with van der Waals surface area (Å²) in [6.07, 6.45) is 0. The van der Waals surface area contributed by atoms with Gasteiger partial charge >= 0.3 is 0 Å². The molecule has 0 spiro atoms. The third-order valence-corrected chi connectivity index (χ3v) is 10.9. The molecular formula is C25H27N5O12S4. The SMILES string of the molecule is Cc1nn(-c2ccc(S(=O)(=O)CCN(C)CCS(=O)(=O)O)cc2)c(O)c1/N=N/c1ccc2c(S(=O)(=O)O)cccc2c1S(=O)(=O)O. The second kappa shape index (κ2) is 12.8. The molecule has 248 valence electrons. The van der Waals surface area contributed by atoms with E-state index in [4.69, 9.17) is 4.55 Å². The summed E-state index contributed by atoms with van der Waals surface area (Å²) >= 11 is 0. The van der Waals surface area contributed by atoms with Crippen LogP contribution in [0.4, 0.5) is 11.4 Å². The third kappa shape index (κ3) is 7.93. The van der Waals surface area contributed by atoms with Gasteiger partial charge in [0.05, 0.1) is 27.8 Å². The minimum atomic E-state index is -5.02. The fourth-order valence-corrected chi connectivity index (χ4v) is 7.76. The number of aromatic hydroxyl groups is 1. The summed E-state index contributed by atoms with van der Waals surface area (Å²) in [7, 11) is -16.3. The molecule has 3 aromatic carbocycles. The Labute approximate surface area is 264 Å². The lowest BCUT2D eigenvalue weighted by Crippen LogP contribution is -2.30. The number of sulfone groups is 1. The highest BCUT2D eigenvalue weighted by atomic mass is 32.2. The molecule has 0 saturated carbocycles. The maximum Gasteiger partial charge on any atom is 0.297 e. The van der Waals surface area contributed by atoms with Gasteiger partial charge in [-0.05, 0) is 50.4 Å². The van der Waals surface area contributed by atoms with Crippen molar-refractivity contribution in [3.05, 3.63) is 60.3 Å². The van der Waals surface area contributed by atoms with Crippen molar-refractivity contribution in [2.24, 2.45) is 10.2 Å². The molecule has 4 rings (SSSR count). The van der Waals surface area contributed by atoms with E-state index in [-0.39, 0.29) is 51.6 Å². The Morgan fingerprint density at radius 1 is 0.783 bits per heavy atom. The van der Waals surface area contributed by atoms with E-state index in [9.17, 15) is 47.9 Å². The van der Waals surface area contributed by atoms with Gasteiger partial charge in [0.2, 0.25) is 5.88 Å². The van der Waals surface area contributed by atoms with Crippen molar-refractivity contribution in [1.82, 2.24) is 14.7 Å². The molecule has 0 saturated heterocycles. The van der Waals surface area contributed by atoms with Crippen LogP contribution in [-0.4, -0.2) is 98.8 Å². The first-order valence-corrected chi connectivity index (χ1v) is 19.0. The molecule has 0 atom stereocenters. The van der Waals surface area contributed by atoms with Crippen LogP contribution >= 0.6 is 0 Å². The van der Waals surface area contributed by atoms with Gasteiger partial charge in [-0.25, -0.2) is 8.42 Å². The largest absolute Gasteiger partial charge is 0.492 e. The van der Waals surface area contributed by atoms with Crippen LogP contribution in [0, 0.1) is 6.92 Å². The first-order chi connectivity index (χ1) is 21.2. The molecule has 0 aliphatic rings. The van der Waals surface area contributed by atoms with E-state index < -0.39 is 67.3 Å². The van der Waals surface area contributed by atoms with Gasteiger partial charge in [0, 0.05) is 23.9 Å². The standard InChI is InChI=1S/C25H27N5O12S4/c1-16-23(27-26-21-11-10-19-20(24(21)46(40,41)42)4-3-5-22(19)45(37,38)39)25(31)30(28-16)17-6-8-18(9-7-17)43(32,33)14-12-29(2)13-15-44(34,35)36/h3-11,31H,12-15H2,1-2H3,(H,34,35,36)(H,37,38,39)(H,40,41,42)/b27-26+. The number of fused-ring (bicyclic) bond motifs is 1. The molecule has 0 aliphatic heterocycles. The number of azo groups is 1. The molecule has 0 radical (unpaired) electrons. The topological polar surface area (TPSA) is 263 Å². The molecule has 21 heteroatoms. The quantitative estimate of drug-likeness (QED) is 0.121. The van der Waals surface area contributed by atoms with E-state index in [0.29, 0.717) is 0 Å². The number of hydrogen-bond donors (Lipinski definition) is 4. The van der Waals surface area contributed by atoms with Crippen molar-refractivity contribution in [2.45, 2.75) is 21.6 Å². The zero-order valence-corrected chi connectivity index (χ0v) is 27.2. The van der Waals surface area contributed by atoms with Crippen LogP contribution in [0.15, 0.2) is 79.5 Å². The van der Waals surface area contributed by atoms with E-state index in [0.717, 1.165) is 28.9 Å². The van der Waals surface area contributed by atoms with Crippen molar-refractivity contribution in [2.75, 3.05) is 31.6 Å². The van der Waals surface area contributed by atoms with Gasteiger partial charge in [0.1, 0.15) is 15.5 Å². The summed E-state index contributed by atoms with van der Waals surface area (Å²) < 4.78 is 125. The Bertz CT molecular complexity index is 2280. The monoisotopic (exact) mass is 717 g/mol. The van der Waals surface area contributed by atoms with Crippen molar-refractivity contribution >= 4 is 62.3 Å². The van der Waals surface area contributed by atoms with Crippen molar-refractivity contribution in [1.29, 1.82) is 0 Å². The predicted octanol–water partition coefficient (Wildman–Crippen LogP) is 2.54. The van der Waals surface area contributed by atoms with Gasteiger partial charge in [0.15, 0.2) is 15.5 Å². The summed E-state index contributed by atoms with van der Waals surface area (Å²) in [6.45, 7) is 1.37. The second-order valence-electron chi connectivity index (χ2n) is 9.99. The predicted molar refractivity (Wildman–Crippen MR) is 164 cm³/mol. The van der Waals surface area contributed by atoms with E-state index in [1.54, 1.807) is 0 Å². The van der Waals surface area contributed by atoms with Gasteiger partial charge in [-0.15, -0.1) is 10.2 Å². The van der Waals surface area contributed by atoms with Gasteiger partial charge in [-0.2, -0.15) is 35.0 Å². The average molecular weight is 718 g/mol. The Balaban J connectivity index is 1.62. The number of nitrogens with zero attached hydrogens (tertiary/aromatic N) is 5. The molecular weight excluding hydrogens is 691 g/mol. The van der Waals surface area contributed by atoms with E-state index in [1.807, 2.05) is 0 Å². The van der Waals surface area contributed by atoms with E-state index >= 15 is 0 Å². The lowest BCUT2D eigenvalue weighted by Gasteiger charge is -2.15. The summed E-state index contributed by atoms with van der Waals surface area (Å²) in [4.78, 5) is -0.0253. The fourth-order valence-electron chi connectivity index (χ4n) is 4.34. The lowest BCUT2D eigenvalue weighted by molar-refractivity contribution is 0.367. The average Bonchev–Trinajstić information content (AvgIpc) is 3.24. The first kappa shape index (κ1) is 35.0. The van der Waals surface area contributed by atoms with Crippen LogP contribution in [0.1, 0.15) is 5.69 Å². The Morgan fingerprint density at radius 3 is 2.00 bits per heavy atom. The Morgan fingerprint density at radius 2 is 1.41 bits per heavy atom. The van der Waals surface area contributed by atoms with E-state index in [1.165, 1.54) is 49.2 Å². The fraction of sp³-hybridized carbons (Fsp3) is 0.240. The number of rotatable bonds is 12. The highest BCUT2D eigenvalue weighted by Gasteiger charge is 2.24. The Kier molecular flexibility index (Phi) is 9.71. The van der Waals surface area contributed by atoms with Crippen molar-refractivity contribution in [3.8, 4) is 11.6 Å². The molecule has 1 aromatic heterocycles. The van der Waals surface area contributed by atoms with Gasteiger partial charge in [0.25, 0.3) is 30.4 Å². The maximum atomic E-state index is 12.8. The van der Waals surface area contributed by atoms with Crippen LogP contribution < -0.4 is 0 Å². The van der Waals surface area contributed by atoms with Gasteiger partial charge in [-0.1, -0.05) is 18.2 Å². The number of benzene rings is 3. The Hall–Kier alpha value is -3.83. The second-order valence-corrected chi connectivity index (χ2v) is 16.4. The van der Waals surface area contributed by atoms with Crippen LogP contribution in [0.2, 0.25) is 0 Å².